The van der Waals surface area contributed by atoms with Gasteiger partial charge in [-0.2, -0.15) is 5.26 Å². The predicted molar refractivity (Wildman–Crippen MR) is 63.3 cm³/mol. The average molecular weight is 264 g/mol. The van der Waals surface area contributed by atoms with Crippen molar-refractivity contribution in [2.24, 2.45) is 0 Å². The largest absolute Gasteiger partial charge is 0.312 e. The van der Waals surface area contributed by atoms with Crippen molar-refractivity contribution in [2.75, 3.05) is 5.32 Å². The standard InChI is InChI=1S/C12H6F2N2OS/c13-8-2-1-3-9(14)10(8)11(17)16-12-7(6-15)4-5-18-12/h1-5H,(H,16,17). The second-order valence-electron chi connectivity index (χ2n) is 3.33. The molecular weight excluding hydrogens is 258 g/mol. The highest BCUT2D eigenvalue weighted by Crippen LogP contribution is 2.23. The molecule has 1 amide bonds. The van der Waals surface area contributed by atoms with Crippen LogP contribution in [0.5, 0.6) is 0 Å². The maximum absolute atomic E-state index is 13.3. The maximum atomic E-state index is 13.3. The lowest BCUT2D eigenvalue weighted by molar-refractivity contribution is 0.101. The van der Waals surface area contributed by atoms with Gasteiger partial charge in [0.1, 0.15) is 28.3 Å². The van der Waals surface area contributed by atoms with E-state index in [-0.39, 0.29) is 10.6 Å². The number of thiophene rings is 1. The van der Waals surface area contributed by atoms with E-state index in [1.54, 1.807) is 5.38 Å². The van der Waals surface area contributed by atoms with Crippen LogP contribution < -0.4 is 5.32 Å². The Bertz CT molecular complexity index is 626. The van der Waals surface area contributed by atoms with Gasteiger partial charge in [-0.15, -0.1) is 11.3 Å². The van der Waals surface area contributed by atoms with E-state index in [0.717, 1.165) is 23.5 Å². The third kappa shape index (κ3) is 2.21. The Morgan fingerprint density at radius 3 is 2.56 bits per heavy atom. The summed E-state index contributed by atoms with van der Waals surface area (Å²) in [6.45, 7) is 0. The van der Waals surface area contributed by atoms with Gasteiger partial charge in [-0.05, 0) is 23.6 Å². The number of hydrogen-bond acceptors (Lipinski definition) is 3. The van der Waals surface area contributed by atoms with Crippen LogP contribution >= 0.6 is 11.3 Å². The van der Waals surface area contributed by atoms with Crippen molar-refractivity contribution in [3.8, 4) is 6.07 Å². The van der Waals surface area contributed by atoms with Gasteiger partial charge in [0.05, 0.1) is 5.56 Å². The van der Waals surface area contributed by atoms with Crippen LogP contribution in [0.2, 0.25) is 0 Å². The Morgan fingerprint density at radius 2 is 1.94 bits per heavy atom. The van der Waals surface area contributed by atoms with Crippen LogP contribution in [0, 0.1) is 23.0 Å². The number of rotatable bonds is 2. The smallest absolute Gasteiger partial charge is 0.262 e. The molecule has 0 atom stereocenters. The number of anilines is 1. The highest BCUT2D eigenvalue weighted by Gasteiger charge is 2.18. The zero-order valence-electron chi connectivity index (χ0n) is 8.91. The molecule has 1 N–H and O–H groups in total. The number of carbonyl (C=O) groups is 1. The molecule has 0 fully saturated rings. The minimum absolute atomic E-state index is 0.255. The van der Waals surface area contributed by atoms with Crippen molar-refractivity contribution in [3.63, 3.8) is 0 Å². The van der Waals surface area contributed by atoms with Gasteiger partial charge in [0.2, 0.25) is 0 Å². The third-order valence-corrected chi connectivity index (χ3v) is 3.03. The SMILES string of the molecule is N#Cc1ccsc1NC(=O)c1c(F)cccc1F. The summed E-state index contributed by atoms with van der Waals surface area (Å²) in [7, 11) is 0. The monoisotopic (exact) mass is 264 g/mol. The van der Waals surface area contributed by atoms with E-state index >= 15 is 0 Å². The molecule has 2 rings (SSSR count). The van der Waals surface area contributed by atoms with E-state index in [0.29, 0.717) is 0 Å². The maximum Gasteiger partial charge on any atom is 0.262 e. The van der Waals surface area contributed by atoms with Crippen molar-refractivity contribution < 1.29 is 13.6 Å². The first-order valence-electron chi connectivity index (χ1n) is 4.86. The molecule has 0 spiro atoms. The first kappa shape index (κ1) is 12.2. The van der Waals surface area contributed by atoms with E-state index in [1.165, 1.54) is 12.1 Å². The molecule has 0 aliphatic carbocycles. The lowest BCUT2D eigenvalue weighted by Gasteiger charge is -2.05. The molecule has 6 heteroatoms. The van der Waals surface area contributed by atoms with Gasteiger partial charge in [0, 0.05) is 0 Å². The van der Waals surface area contributed by atoms with Gasteiger partial charge >= 0.3 is 0 Å². The number of benzene rings is 1. The number of carbonyl (C=O) groups excluding carboxylic acids is 1. The van der Waals surface area contributed by atoms with Crippen molar-refractivity contribution in [2.45, 2.75) is 0 Å². The van der Waals surface area contributed by atoms with E-state index < -0.39 is 23.1 Å². The third-order valence-electron chi connectivity index (χ3n) is 2.20. The molecule has 1 heterocycles. The van der Waals surface area contributed by atoms with E-state index in [1.807, 2.05) is 6.07 Å². The van der Waals surface area contributed by atoms with Crippen LogP contribution in [0.25, 0.3) is 0 Å². The van der Waals surface area contributed by atoms with E-state index in [9.17, 15) is 13.6 Å². The quantitative estimate of drug-likeness (QED) is 0.905. The van der Waals surface area contributed by atoms with Crippen LogP contribution in [0.1, 0.15) is 15.9 Å². The summed E-state index contributed by atoms with van der Waals surface area (Å²) in [6.07, 6.45) is 0. The zero-order valence-corrected chi connectivity index (χ0v) is 9.72. The second-order valence-corrected chi connectivity index (χ2v) is 4.24. The molecule has 0 saturated carbocycles. The van der Waals surface area contributed by atoms with E-state index in [2.05, 4.69) is 5.32 Å². The molecular formula is C12H6F2N2OS. The molecule has 1 aromatic heterocycles. The average Bonchev–Trinajstić information content (AvgIpc) is 2.76. The summed E-state index contributed by atoms with van der Waals surface area (Å²) in [4.78, 5) is 11.7. The Kier molecular flexibility index (Phi) is 3.35. The topological polar surface area (TPSA) is 52.9 Å². The molecule has 0 radical (unpaired) electrons. The van der Waals surface area contributed by atoms with Crippen molar-refractivity contribution in [1.29, 1.82) is 5.26 Å². The minimum atomic E-state index is -0.942. The highest BCUT2D eigenvalue weighted by molar-refractivity contribution is 7.14. The summed E-state index contributed by atoms with van der Waals surface area (Å²) in [6, 6.07) is 6.55. The molecule has 0 aliphatic heterocycles. The molecule has 0 bridgehead atoms. The van der Waals surface area contributed by atoms with Gasteiger partial charge in [-0.1, -0.05) is 6.07 Å². The molecule has 0 unspecified atom stereocenters. The second kappa shape index (κ2) is 4.94. The van der Waals surface area contributed by atoms with Gasteiger partial charge in [-0.3, -0.25) is 4.79 Å². The van der Waals surface area contributed by atoms with Crippen LogP contribution in [0.15, 0.2) is 29.6 Å². The number of nitrogens with zero attached hydrogens (tertiary/aromatic N) is 1. The molecule has 0 saturated heterocycles. The fraction of sp³-hybridized carbons (Fsp3) is 0. The summed E-state index contributed by atoms with van der Waals surface area (Å²) in [5.74, 6) is -2.80. The van der Waals surface area contributed by atoms with Crippen LogP contribution in [0.3, 0.4) is 0 Å². The zero-order chi connectivity index (χ0) is 13.1. The Labute approximate surface area is 105 Å². The Morgan fingerprint density at radius 1 is 1.28 bits per heavy atom. The molecule has 90 valence electrons. The number of amides is 1. The van der Waals surface area contributed by atoms with Gasteiger partial charge < -0.3 is 5.32 Å². The summed E-state index contributed by atoms with van der Waals surface area (Å²) < 4.78 is 26.7. The fourth-order valence-electron chi connectivity index (χ4n) is 1.37. The van der Waals surface area contributed by atoms with E-state index in [4.69, 9.17) is 5.26 Å². The molecule has 18 heavy (non-hydrogen) atoms. The number of nitriles is 1. The number of hydrogen-bond donors (Lipinski definition) is 1. The highest BCUT2D eigenvalue weighted by atomic mass is 32.1. The molecule has 0 aliphatic rings. The molecule has 2 aromatic rings. The fourth-order valence-corrected chi connectivity index (χ4v) is 2.11. The molecule has 3 nitrogen and oxygen atoms in total. The van der Waals surface area contributed by atoms with Crippen molar-refractivity contribution in [1.82, 2.24) is 0 Å². The van der Waals surface area contributed by atoms with Crippen LogP contribution in [-0.2, 0) is 0 Å². The number of nitrogens with one attached hydrogen (secondary N) is 1. The minimum Gasteiger partial charge on any atom is -0.312 e. The Balaban J connectivity index is 2.31. The summed E-state index contributed by atoms with van der Waals surface area (Å²) in [5, 5.41) is 12.9. The molecule has 1 aromatic carbocycles. The van der Waals surface area contributed by atoms with Gasteiger partial charge in [0.15, 0.2) is 0 Å². The first-order valence-corrected chi connectivity index (χ1v) is 5.74. The summed E-state index contributed by atoms with van der Waals surface area (Å²) >= 11 is 1.11. The van der Waals surface area contributed by atoms with Gasteiger partial charge in [-0.25, -0.2) is 8.78 Å². The first-order chi connectivity index (χ1) is 8.63. The normalized spacial score (nSPS) is 9.83. The lowest BCUT2D eigenvalue weighted by atomic mass is 10.2. The lowest BCUT2D eigenvalue weighted by Crippen LogP contribution is -2.15. The van der Waals surface area contributed by atoms with Crippen LogP contribution in [0.4, 0.5) is 13.8 Å². The summed E-state index contributed by atoms with van der Waals surface area (Å²) in [5.41, 5.74) is -0.403. The van der Waals surface area contributed by atoms with Crippen LogP contribution in [-0.4, -0.2) is 5.91 Å². The van der Waals surface area contributed by atoms with Crippen molar-refractivity contribution in [3.05, 3.63) is 52.4 Å². The Hall–Kier alpha value is -2.26. The van der Waals surface area contributed by atoms with Gasteiger partial charge in [0.25, 0.3) is 5.91 Å². The number of halogens is 2. The predicted octanol–water partition coefficient (Wildman–Crippen LogP) is 3.15. The van der Waals surface area contributed by atoms with Crippen molar-refractivity contribution >= 4 is 22.2 Å².